The van der Waals surface area contributed by atoms with Crippen LogP contribution >= 0.6 is 23.6 Å². The van der Waals surface area contributed by atoms with Crippen molar-refractivity contribution >= 4 is 35.2 Å². The fraction of sp³-hybridized carbons (Fsp3) is 0.400. The number of nitrogens with one attached hydrogen (secondary N) is 1. The largest absolute Gasteiger partial charge is 0.369 e. The number of ether oxygens (including phenoxy) is 1. The van der Waals surface area contributed by atoms with Crippen LogP contribution < -0.4 is 10.5 Å². The molecule has 0 amide bonds. The minimum Gasteiger partial charge on any atom is -0.369 e. The van der Waals surface area contributed by atoms with Crippen molar-refractivity contribution in [1.29, 1.82) is 0 Å². The number of carbonyl (C=O) groups is 1. The van der Waals surface area contributed by atoms with Crippen LogP contribution in [0.3, 0.4) is 0 Å². The Morgan fingerprint density at radius 1 is 1.41 bits per heavy atom. The van der Waals surface area contributed by atoms with Gasteiger partial charge in [-0.05, 0) is 53.8 Å². The lowest BCUT2D eigenvalue weighted by Crippen LogP contribution is -2.17. The summed E-state index contributed by atoms with van der Waals surface area (Å²) in [7, 11) is 0. The number of carbonyl (C=O) groups excluding carboxylic acids is 1. The molecule has 0 saturated carbocycles. The second-order valence-corrected chi connectivity index (χ2v) is 9.77. The number of hydrogen-bond donors (Lipinski definition) is 2. The van der Waals surface area contributed by atoms with E-state index in [0.29, 0.717) is 41.9 Å². The van der Waals surface area contributed by atoms with E-state index in [4.69, 9.17) is 14.1 Å². The summed E-state index contributed by atoms with van der Waals surface area (Å²) in [6.07, 6.45) is 5.68. The third-order valence-electron chi connectivity index (χ3n) is 6.13. The van der Waals surface area contributed by atoms with Crippen LogP contribution in [0.2, 0.25) is 0 Å². The molecule has 34 heavy (non-hydrogen) atoms. The van der Waals surface area contributed by atoms with Gasteiger partial charge in [0.2, 0.25) is 5.78 Å². The number of ketones is 1. The molecule has 2 unspecified atom stereocenters. The summed E-state index contributed by atoms with van der Waals surface area (Å²) < 4.78 is 11.4. The van der Waals surface area contributed by atoms with Gasteiger partial charge in [0, 0.05) is 12.7 Å². The molecule has 0 aliphatic carbocycles. The van der Waals surface area contributed by atoms with Crippen LogP contribution in [-0.2, 0) is 15.3 Å². The quantitative estimate of drug-likeness (QED) is 0.214. The Balaban J connectivity index is 1.47. The predicted molar refractivity (Wildman–Crippen MR) is 137 cm³/mol. The number of nitrogens with two attached hydrogens (primary N) is 1. The molecule has 4 rings (SSSR count). The first kappa shape index (κ1) is 24.8. The van der Waals surface area contributed by atoms with Crippen LogP contribution in [0.5, 0.6) is 0 Å². The first-order valence-electron chi connectivity index (χ1n) is 11.5. The summed E-state index contributed by atoms with van der Waals surface area (Å²) in [6, 6.07) is 8.43. The van der Waals surface area contributed by atoms with E-state index in [1.165, 1.54) is 34.4 Å². The van der Waals surface area contributed by atoms with E-state index in [0.717, 1.165) is 37.1 Å². The van der Waals surface area contributed by atoms with Crippen LogP contribution in [0.4, 0.5) is 5.82 Å². The highest BCUT2D eigenvalue weighted by Crippen LogP contribution is 2.36. The molecule has 2 atom stereocenters. The van der Waals surface area contributed by atoms with E-state index in [1.807, 2.05) is 11.4 Å². The normalized spacial score (nSPS) is 16.1. The summed E-state index contributed by atoms with van der Waals surface area (Å²) >= 11 is 2.33. The summed E-state index contributed by atoms with van der Waals surface area (Å²) in [5.74, 6) is 0.842. The van der Waals surface area contributed by atoms with Crippen molar-refractivity contribution in [2.24, 2.45) is 11.1 Å². The molecule has 0 saturated heterocycles. The van der Waals surface area contributed by atoms with Crippen LogP contribution in [-0.4, -0.2) is 35.5 Å². The number of hydrogen-bond acceptors (Lipinski definition) is 9. The van der Waals surface area contributed by atoms with Gasteiger partial charge < -0.3 is 14.2 Å². The molecule has 0 radical (unpaired) electrons. The first-order chi connectivity index (χ1) is 16.6. The minimum atomic E-state index is -0.147. The highest BCUT2D eigenvalue weighted by molar-refractivity contribution is 7.92. The molecule has 3 heterocycles. The summed E-state index contributed by atoms with van der Waals surface area (Å²) in [4.78, 5) is 22.4. The van der Waals surface area contributed by atoms with Gasteiger partial charge in [-0.3, -0.25) is 9.93 Å². The molecular formula is C25H30N4O3S2. The Morgan fingerprint density at radius 3 is 3.12 bits per heavy atom. The molecule has 1 aliphatic heterocycles. The topological polar surface area (TPSA) is 99.4 Å². The van der Waals surface area contributed by atoms with Gasteiger partial charge in [0.1, 0.15) is 18.2 Å². The third kappa shape index (κ3) is 5.84. The maximum absolute atomic E-state index is 13.4. The fourth-order valence-electron chi connectivity index (χ4n) is 4.17. The molecule has 1 aromatic carbocycles. The molecule has 0 spiro atoms. The van der Waals surface area contributed by atoms with Crippen LogP contribution in [0.15, 0.2) is 42.2 Å². The van der Waals surface area contributed by atoms with Crippen molar-refractivity contribution in [2.75, 3.05) is 25.1 Å². The van der Waals surface area contributed by atoms with Gasteiger partial charge in [-0.1, -0.05) is 37.1 Å². The molecule has 9 heteroatoms. The maximum Gasteiger partial charge on any atom is 0.208 e. The lowest BCUT2D eigenvalue weighted by atomic mass is 9.92. The average molecular weight is 499 g/mol. The van der Waals surface area contributed by atoms with Crippen LogP contribution in [0.25, 0.3) is 0 Å². The Labute approximate surface area is 208 Å². The van der Waals surface area contributed by atoms with Gasteiger partial charge in [-0.2, -0.15) is 0 Å². The van der Waals surface area contributed by atoms with Gasteiger partial charge in [0.25, 0.3) is 0 Å². The summed E-state index contributed by atoms with van der Waals surface area (Å²) in [6.45, 7) is 6.18. The Hall–Kier alpha value is -2.30. The van der Waals surface area contributed by atoms with E-state index in [9.17, 15) is 4.79 Å². The highest BCUT2D eigenvalue weighted by Gasteiger charge is 2.25. The Morgan fingerprint density at radius 2 is 2.29 bits per heavy atom. The zero-order chi connectivity index (χ0) is 23.9. The average Bonchev–Trinajstić information content (AvgIpc) is 3.35. The minimum absolute atomic E-state index is 0.0887. The molecule has 180 valence electrons. The van der Waals surface area contributed by atoms with Crippen molar-refractivity contribution < 1.29 is 13.7 Å². The molecule has 0 bridgehead atoms. The van der Waals surface area contributed by atoms with E-state index in [1.54, 1.807) is 6.20 Å². The zero-order valence-corrected chi connectivity index (χ0v) is 21.1. The van der Waals surface area contributed by atoms with Gasteiger partial charge in [-0.15, -0.1) is 11.3 Å². The fourth-order valence-corrected chi connectivity index (χ4v) is 5.32. The zero-order valence-electron chi connectivity index (χ0n) is 19.5. The molecule has 1 aliphatic rings. The molecule has 2 aromatic heterocycles. The van der Waals surface area contributed by atoms with Gasteiger partial charge in [0.15, 0.2) is 0 Å². The monoisotopic (exact) mass is 498 g/mol. The van der Waals surface area contributed by atoms with Gasteiger partial charge in [0.05, 0.1) is 35.9 Å². The van der Waals surface area contributed by atoms with Crippen molar-refractivity contribution in [3.8, 4) is 0 Å². The smallest absolute Gasteiger partial charge is 0.208 e. The second kappa shape index (κ2) is 11.9. The number of fused-ring (bicyclic) bond motifs is 1. The highest BCUT2D eigenvalue weighted by atomic mass is 32.2. The molecule has 7 nitrogen and oxygen atoms in total. The molecule has 3 aromatic rings. The number of benzene rings is 1. The van der Waals surface area contributed by atoms with E-state index in [-0.39, 0.29) is 11.9 Å². The van der Waals surface area contributed by atoms with Crippen molar-refractivity contribution in [3.05, 3.63) is 74.9 Å². The number of rotatable bonds is 11. The molecule has 0 fully saturated rings. The molecule has 3 N–H and O–H groups in total. The third-order valence-corrected chi connectivity index (χ3v) is 7.35. The van der Waals surface area contributed by atoms with E-state index in [2.05, 4.69) is 47.3 Å². The standard InChI is InChI=1S/C25H30N4O3S2/c1-3-17(13-32-34-26)6-8-28-25-21(12-27-15-29-25)23(30)22-11-19(14-33-22)24-20-5-4-16(2)10-18(20)7-9-31-24/h4-5,10-12,14-15,17,24H,3,6-9,13,26H2,1-2H3,(H,27,28,29). The van der Waals surface area contributed by atoms with Gasteiger partial charge >= 0.3 is 0 Å². The van der Waals surface area contributed by atoms with Crippen molar-refractivity contribution in [3.63, 3.8) is 0 Å². The number of aromatic nitrogens is 2. The number of anilines is 1. The van der Waals surface area contributed by atoms with Crippen LogP contribution in [0.1, 0.15) is 63.4 Å². The van der Waals surface area contributed by atoms with E-state index >= 15 is 0 Å². The van der Waals surface area contributed by atoms with Crippen molar-refractivity contribution in [1.82, 2.24) is 9.97 Å². The van der Waals surface area contributed by atoms with Crippen LogP contribution in [0, 0.1) is 12.8 Å². The summed E-state index contributed by atoms with van der Waals surface area (Å²) in [5, 5.41) is 10.7. The number of aryl methyl sites for hydroxylation is 1. The van der Waals surface area contributed by atoms with Crippen molar-refractivity contribution in [2.45, 2.75) is 39.2 Å². The maximum atomic E-state index is 13.4. The molecular weight excluding hydrogens is 468 g/mol. The first-order valence-corrected chi connectivity index (χ1v) is 13.2. The van der Waals surface area contributed by atoms with Gasteiger partial charge in [-0.25, -0.2) is 9.97 Å². The predicted octanol–water partition coefficient (Wildman–Crippen LogP) is 5.11. The second-order valence-electron chi connectivity index (χ2n) is 8.43. The summed E-state index contributed by atoms with van der Waals surface area (Å²) in [5.41, 5.74) is 5.23. The lowest BCUT2D eigenvalue weighted by Gasteiger charge is -2.26. The Bertz CT molecular complexity index is 1120. The Kier molecular flexibility index (Phi) is 8.69. The number of nitrogens with zero attached hydrogens (tertiary/aromatic N) is 2. The number of thiophene rings is 1. The SMILES string of the molecule is CCC(CCNc1ncncc1C(=O)c1cc(C2OCCc3cc(C)ccc32)cs1)COSN. The van der Waals surface area contributed by atoms with E-state index < -0.39 is 0 Å². The lowest BCUT2D eigenvalue weighted by molar-refractivity contribution is 0.0701.